The maximum absolute atomic E-state index is 6.05. The summed E-state index contributed by atoms with van der Waals surface area (Å²) in [6.07, 6.45) is 3.75. The lowest BCUT2D eigenvalue weighted by molar-refractivity contribution is 0.263. The molecule has 94 valence electrons. The van der Waals surface area contributed by atoms with Crippen LogP contribution in [0.3, 0.4) is 0 Å². The Morgan fingerprint density at radius 1 is 1.29 bits per heavy atom. The minimum atomic E-state index is 0.675. The van der Waals surface area contributed by atoms with Crippen molar-refractivity contribution in [2.75, 3.05) is 26.2 Å². The van der Waals surface area contributed by atoms with E-state index in [1.54, 1.807) is 0 Å². The zero-order chi connectivity index (χ0) is 12.1. The van der Waals surface area contributed by atoms with E-state index in [-0.39, 0.29) is 0 Å². The highest BCUT2D eigenvalue weighted by atomic mass is 79.9. The third-order valence-electron chi connectivity index (χ3n) is 2.97. The third-order valence-corrected chi connectivity index (χ3v) is 3.77. The molecule has 1 saturated heterocycles. The molecule has 0 saturated carbocycles. The molecule has 1 aromatic carbocycles. The second-order valence-corrected chi connectivity index (χ2v) is 5.65. The molecular formula is C13H17BrClNO. The summed E-state index contributed by atoms with van der Waals surface area (Å²) in [5.74, 6) is 0.766. The summed E-state index contributed by atoms with van der Waals surface area (Å²) < 4.78 is 6.69. The van der Waals surface area contributed by atoms with E-state index in [9.17, 15) is 0 Å². The van der Waals surface area contributed by atoms with Crippen LogP contribution in [0.25, 0.3) is 0 Å². The summed E-state index contributed by atoms with van der Waals surface area (Å²) in [5, 5.41) is 0.675. The van der Waals surface area contributed by atoms with Gasteiger partial charge < -0.3 is 9.64 Å². The van der Waals surface area contributed by atoms with Crippen LogP contribution in [0.15, 0.2) is 22.7 Å². The summed E-state index contributed by atoms with van der Waals surface area (Å²) in [4.78, 5) is 2.49. The molecule has 1 fully saturated rings. The van der Waals surface area contributed by atoms with E-state index in [0.717, 1.165) is 29.8 Å². The second kappa shape index (κ2) is 6.62. The van der Waals surface area contributed by atoms with Crippen molar-refractivity contribution in [2.24, 2.45) is 0 Å². The van der Waals surface area contributed by atoms with Gasteiger partial charge in [0.05, 0.1) is 11.6 Å². The van der Waals surface area contributed by atoms with Crippen molar-refractivity contribution in [1.29, 1.82) is 0 Å². The zero-order valence-electron chi connectivity index (χ0n) is 9.79. The fourth-order valence-electron chi connectivity index (χ4n) is 2.06. The van der Waals surface area contributed by atoms with Crippen molar-refractivity contribution < 1.29 is 4.74 Å². The highest BCUT2D eigenvalue weighted by Crippen LogP contribution is 2.27. The molecule has 1 aliphatic heterocycles. The number of hydrogen-bond acceptors (Lipinski definition) is 2. The van der Waals surface area contributed by atoms with E-state index in [1.807, 2.05) is 18.2 Å². The van der Waals surface area contributed by atoms with Crippen molar-refractivity contribution in [2.45, 2.75) is 19.3 Å². The van der Waals surface area contributed by atoms with Gasteiger partial charge in [0.2, 0.25) is 0 Å². The van der Waals surface area contributed by atoms with Crippen LogP contribution in [0.5, 0.6) is 5.75 Å². The maximum Gasteiger partial charge on any atom is 0.139 e. The molecule has 0 unspecified atom stereocenters. The minimum Gasteiger partial charge on any atom is -0.492 e. The average Bonchev–Trinajstić information content (AvgIpc) is 2.82. The molecule has 0 amide bonds. The van der Waals surface area contributed by atoms with Crippen molar-refractivity contribution in [3.63, 3.8) is 0 Å². The number of ether oxygens (including phenoxy) is 1. The Morgan fingerprint density at radius 2 is 2.06 bits per heavy atom. The predicted octanol–water partition coefficient (Wildman–Crippen LogP) is 3.97. The summed E-state index contributed by atoms with van der Waals surface area (Å²) in [5.41, 5.74) is 0. The van der Waals surface area contributed by atoms with Gasteiger partial charge in [0, 0.05) is 11.0 Å². The van der Waals surface area contributed by atoms with Gasteiger partial charge in [0.15, 0.2) is 0 Å². The molecule has 2 nitrogen and oxygen atoms in total. The summed E-state index contributed by atoms with van der Waals surface area (Å²) in [6.45, 7) is 4.35. The van der Waals surface area contributed by atoms with Crippen LogP contribution in [0.2, 0.25) is 5.02 Å². The van der Waals surface area contributed by atoms with Gasteiger partial charge in [-0.15, -0.1) is 0 Å². The number of likely N-dealkylation sites (tertiary alicyclic amines) is 1. The van der Waals surface area contributed by atoms with Crippen LogP contribution in [0, 0.1) is 0 Å². The Hall–Kier alpha value is -0.250. The molecule has 2 rings (SSSR count). The van der Waals surface area contributed by atoms with Gasteiger partial charge in [-0.05, 0) is 50.6 Å². The monoisotopic (exact) mass is 317 g/mol. The molecule has 0 aliphatic carbocycles. The summed E-state index contributed by atoms with van der Waals surface area (Å²) in [7, 11) is 0. The first-order chi connectivity index (χ1) is 8.25. The van der Waals surface area contributed by atoms with Crippen molar-refractivity contribution in [3.8, 4) is 5.75 Å². The fourth-order valence-corrected chi connectivity index (χ4v) is 2.58. The van der Waals surface area contributed by atoms with Gasteiger partial charge in [-0.25, -0.2) is 0 Å². The van der Waals surface area contributed by atoms with E-state index < -0.39 is 0 Å². The highest BCUT2D eigenvalue weighted by Gasteiger charge is 2.10. The molecule has 4 heteroatoms. The zero-order valence-corrected chi connectivity index (χ0v) is 12.1. The lowest BCUT2D eigenvalue weighted by atomic mass is 10.3. The topological polar surface area (TPSA) is 12.5 Å². The first-order valence-corrected chi connectivity index (χ1v) is 7.23. The van der Waals surface area contributed by atoms with Crippen molar-refractivity contribution >= 4 is 27.5 Å². The molecule has 1 heterocycles. The van der Waals surface area contributed by atoms with E-state index >= 15 is 0 Å². The normalized spacial score (nSPS) is 16.4. The van der Waals surface area contributed by atoms with Crippen LogP contribution >= 0.6 is 27.5 Å². The number of hydrogen-bond donors (Lipinski definition) is 0. The lowest BCUT2D eigenvalue weighted by Gasteiger charge is -2.14. The Kier molecular flexibility index (Phi) is 5.14. The average molecular weight is 319 g/mol. The molecule has 0 aromatic heterocycles. The lowest BCUT2D eigenvalue weighted by Crippen LogP contribution is -2.21. The smallest absolute Gasteiger partial charge is 0.139 e. The molecule has 0 bridgehead atoms. The SMILES string of the molecule is Clc1ccc(Br)cc1OCCCN1CCCC1. The van der Waals surface area contributed by atoms with E-state index in [4.69, 9.17) is 16.3 Å². The molecule has 1 aromatic rings. The largest absolute Gasteiger partial charge is 0.492 e. The van der Waals surface area contributed by atoms with Gasteiger partial charge in [0.1, 0.15) is 5.75 Å². The molecule has 0 spiro atoms. The second-order valence-electron chi connectivity index (χ2n) is 4.33. The predicted molar refractivity (Wildman–Crippen MR) is 74.9 cm³/mol. The maximum atomic E-state index is 6.05. The quantitative estimate of drug-likeness (QED) is 0.762. The molecule has 17 heavy (non-hydrogen) atoms. The first-order valence-electron chi connectivity index (χ1n) is 6.06. The number of rotatable bonds is 5. The van der Waals surface area contributed by atoms with E-state index in [2.05, 4.69) is 20.8 Å². The van der Waals surface area contributed by atoms with Crippen molar-refractivity contribution in [1.82, 2.24) is 4.90 Å². The van der Waals surface area contributed by atoms with Gasteiger partial charge in [0.25, 0.3) is 0 Å². The van der Waals surface area contributed by atoms with Gasteiger partial charge in [-0.2, -0.15) is 0 Å². The van der Waals surface area contributed by atoms with E-state index in [0.29, 0.717) is 5.02 Å². The van der Waals surface area contributed by atoms with E-state index in [1.165, 1.54) is 25.9 Å². The standard InChI is InChI=1S/C13H17BrClNO/c14-11-4-5-12(15)13(10-11)17-9-3-8-16-6-1-2-7-16/h4-5,10H,1-3,6-9H2. The van der Waals surface area contributed by atoms with Gasteiger partial charge in [-0.1, -0.05) is 27.5 Å². The van der Waals surface area contributed by atoms with Gasteiger partial charge >= 0.3 is 0 Å². The molecular weight excluding hydrogens is 302 g/mol. The molecule has 0 atom stereocenters. The first kappa shape index (κ1) is 13.2. The highest BCUT2D eigenvalue weighted by molar-refractivity contribution is 9.10. The van der Waals surface area contributed by atoms with Crippen molar-refractivity contribution in [3.05, 3.63) is 27.7 Å². The number of nitrogens with zero attached hydrogens (tertiary/aromatic N) is 1. The van der Waals surface area contributed by atoms with Crippen LogP contribution in [-0.4, -0.2) is 31.1 Å². The van der Waals surface area contributed by atoms with Gasteiger partial charge in [-0.3, -0.25) is 0 Å². The molecule has 0 N–H and O–H groups in total. The number of benzene rings is 1. The van der Waals surface area contributed by atoms with Crippen LogP contribution < -0.4 is 4.74 Å². The summed E-state index contributed by atoms with van der Waals surface area (Å²) in [6, 6.07) is 5.68. The fraction of sp³-hybridized carbons (Fsp3) is 0.538. The Bertz CT molecular complexity index is 366. The Balaban J connectivity index is 1.72. The Morgan fingerprint density at radius 3 is 2.82 bits per heavy atom. The molecule has 1 aliphatic rings. The Labute approximate surface area is 116 Å². The summed E-state index contributed by atoms with van der Waals surface area (Å²) >= 11 is 9.46. The number of halogens is 2. The van der Waals surface area contributed by atoms with Crippen LogP contribution in [-0.2, 0) is 0 Å². The minimum absolute atomic E-state index is 0.675. The molecule has 0 radical (unpaired) electrons. The third kappa shape index (κ3) is 4.16. The van der Waals surface area contributed by atoms with Crippen LogP contribution in [0.1, 0.15) is 19.3 Å². The van der Waals surface area contributed by atoms with Crippen LogP contribution in [0.4, 0.5) is 0 Å².